The molecule has 2 heterocycles. The lowest BCUT2D eigenvalue weighted by atomic mass is 10.4. The summed E-state index contributed by atoms with van der Waals surface area (Å²) >= 11 is 5.60. The fourth-order valence-corrected chi connectivity index (χ4v) is 1.27. The Balaban J connectivity index is 2.00. The fraction of sp³-hybridized carbons (Fsp3) is 0.500. The van der Waals surface area contributed by atoms with Crippen LogP contribution in [0.15, 0.2) is 22.8 Å². The average Bonchev–Trinajstić information content (AvgIpc) is 2.75. The first kappa shape index (κ1) is 8.10. The molecule has 0 unspecified atom stereocenters. The summed E-state index contributed by atoms with van der Waals surface area (Å²) in [6, 6.07) is 3.62. The minimum atomic E-state index is -0.372. The highest BCUT2D eigenvalue weighted by Gasteiger charge is 2.28. The summed E-state index contributed by atoms with van der Waals surface area (Å²) in [5, 5.41) is 0. The summed E-state index contributed by atoms with van der Waals surface area (Å²) in [5.74, 6) is 1.15. The van der Waals surface area contributed by atoms with Crippen LogP contribution < -0.4 is 0 Å². The standard InChI is InChI=1S/C8H9ClO3/c9-4-6-5-11-8(12-6)7-2-1-3-10-7/h1-3,6,8H,4-5H2/t6-,8-/m1/s1. The van der Waals surface area contributed by atoms with Crippen molar-refractivity contribution in [1.29, 1.82) is 0 Å². The van der Waals surface area contributed by atoms with Crippen LogP contribution in [-0.4, -0.2) is 18.6 Å². The lowest BCUT2D eigenvalue weighted by molar-refractivity contribution is -0.0706. The van der Waals surface area contributed by atoms with E-state index in [2.05, 4.69) is 0 Å². The second-order valence-corrected chi connectivity index (χ2v) is 2.90. The van der Waals surface area contributed by atoms with Gasteiger partial charge in [0.1, 0.15) is 0 Å². The molecule has 0 aromatic carbocycles. The van der Waals surface area contributed by atoms with Gasteiger partial charge < -0.3 is 13.9 Å². The Hall–Kier alpha value is -0.510. The zero-order valence-corrected chi connectivity index (χ0v) is 7.16. The van der Waals surface area contributed by atoms with Gasteiger partial charge in [0.15, 0.2) is 5.76 Å². The molecule has 2 atom stereocenters. The summed E-state index contributed by atoms with van der Waals surface area (Å²) in [4.78, 5) is 0. The molecule has 0 spiro atoms. The van der Waals surface area contributed by atoms with Gasteiger partial charge in [-0.2, -0.15) is 0 Å². The van der Waals surface area contributed by atoms with Gasteiger partial charge in [-0.1, -0.05) is 0 Å². The van der Waals surface area contributed by atoms with Crippen LogP contribution >= 0.6 is 11.6 Å². The van der Waals surface area contributed by atoms with E-state index < -0.39 is 0 Å². The van der Waals surface area contributed by atoms with Crippen molar-refractivity contribution in [2.24, 2.45) is 0 Å². The van der Waals surface area contributed by atoms with Gasteiger partial charge in [0.2, 0.25) is 6.29 Å². The topological polar surface area (TPSA) is 31.6 Å². The second kappa shape index (κ2) is 3.47. The van der Waals surface area contributed by atoms with Gasteiger partial charge in [0.05, 0.1) is 24.9 Å². The summed E-state index contributed by atoms with van der Waals surface area (Å²) in [5.41, 5.74) is 0. The Bertz CT molecular complexity index is 234. The summed E-state index contributed by atoms with van der Waals surface area (Å²) in [6.07, 6.45) is 1.21. The van der Waals surface area contributed by atoms with Crippen LogP contribution in [0.5, 0.6) is 0 Å². The Labute approximate surface area is 75.2 Å². The maximum absolute atomic E-state index is 5.60. The fourth-order valence-electron chi connectivity index (χ4n) is 1.10. The molecule has 2 rings (SSSR count). The highest BCUT2D eigenvalue weighted by Crippen LogP contribution is 2.27. The quantitative estimate of drug-likeness (QED) is 0.665. The Morgan fingerprint density at radius 1 is 1.58 bits per heavy atom. The smallest absolute Gasteiger partial charge is 0.217 e. The van der Waals surface area contributed by atoms with E-state index in [1.165, 1.54) is 0 Å². The molecule has 1 aliphatic heterocycles. The maximum Gasteiger partial charge on any atom is 0.217 e. The van der Waals surface area contributed by atoms with Crippen LogP contribution in [0.25, 0.3) is 0 Å². The first-order chi connectivity index (χ1) is 5.90. The third-order valence-corrected chi connectivity index (χ3v) is 2.04. The van der Waals surface area contributed by atoms with Crippen molar-refractivity contribution >= 4 is 11.6 Å². The van der Waals surface area contributed by atoms with E-state index in [-0.39, 0.29) is 12.4 Å². The zero-order valence-electron chi connectivity index (χ0n) is 6.40. The molecule has 0 aliphatic carbocycles. The van der Waals surface area contributed by atoms with Gasteiger partial charge >= 0.3 is 0 Å². The molecule has 1 fully saturated rings. The number of alkyl halides is 1. The lowest BCUT2D eigenvalue weighted by Crippen LogP contribution is -2.10. The minimum absolute atomic E-state index is 0.0123. The van der Waals surface area contributed by atoms with Gasteiger partial charge in [-0.25, -0.2) is 0 Å². The van der Waals surface area contributed by atoms with E-state index in [1.807, 2.05) is 6.07 Å². The molecule has 4 heteroatoms. The van der Waals surface area contributed by atoms with Gasteiger partial charge in [0, 0.05) is 0 Å². The molecule has 0 amide bonds. The predicted octanol–water partition coefficient (Wildman–Crippen LogP) is 1.93. The van der Waals surface area contributed by atoms with Crippen LogP contribution in [0.1, 0.15) is 12.1 Å². The van der Waals surface area contributed by atoms with Gasteiger partial charge in [-0.3, -0.25) is 0 Å². The van der Waals surface area contributed by atoms with E-state index >= 15 is 0 Å². The van der Waals surface area contributed by atoms with Gasteiger partial charge in [0.25, 0.3) is 0 Å². The minimum Gasteiger partial charge on any atom is -0.464 e. The van der Waals surface area contributed by atoms with Crippen LogP contribution in [0, 0.1) is 0 Å². The largest absolute Gasteiger partial charge is 0.464 e. The van der Waals surface area contributed by atoms with E-state index in [9.17, 15) is 0 Å². The van der Waals surface area contributed by atoms with Crippen molar-refractivity contribution in [3.63, 3.8) is 0 Å². The van der Waals surface area contributed by atoms with Gasteiger partial charge in [-0.15, -0.1) is 11.6 Å². The highest BCUT2D eigenvalue weighted by atomic mass is 35.5. The van der Waals surface area contributed by atoms with Crippen LogP contribution in [-0.2, 0) is 9.47 Å². The number of rotatable bonds is 2. The number of hydrogen-bond acceptors (Lipinski definition) is 3. The molecular weight excluding hydrogens is 180 g/mol. The third-order valence-electron chi connectivity index (χ3n) is 1.70. The monoisotopic (exact) mass is 188 g/mol. The number of ether oxygens (including phenoxy) is 2. The molecule has 1 aliphatic rings. The first-order valence-electron chi connectivity index (χ1n) is 3.76. The Kier molecular flexibility index (Phi) is 2.35. The average molecular weight is 189 g/mol. The molecule has 3 nitrogen and oxygen atoms in total. The Morgan fingerprint density at radius 3 is 3.08 bits per heavy atom. The molecule has 0 bridgehead atoms. The molecule has 66 valence electrons. The van der Waals surface area contributed by atoms with Crippen molar-refractivity contribution in [1.82, 2.24) is 0 Å². The Morgan fingerprint density at radius 2 is 2.50 bits per heavy atom. The maximum atomic E-state index is 5.60. The molecule has 1 saturated heterocycles. The summed E-state index contributed by atoms with van der Waals surface area (Å²) in [7, 11) is 0. The van der Waals surface area contributed by atoms with Crippen molar-refractivity contribution in [2.45, 2.75) is 12.4 Å². The van der Waals surface area contributed by atoms with Crippen LogP contribution in [0.3, 0.4) is 0 Å². The van der Waals surface area contributed by atoms with Crippen molar-refractivity contribution in [3.8, 4) is 0 Å². The second-order valence-electron chi connectivity index (χ2n) is 2.59. The van der Waals surface area contributed by atoms with E-state index in [0.717, 1.165) is 0 Å². The van der Waals surface area contributed by atoms with E-state index in [4.69, 9.17) is 25.5 Å². The van der Waals surface area contributed by atoms with E-state index in [1.54, 1.807) is 12.3 Å². The molecule has 12 heavy (non-hydrogen) atoms. The number of hydrogen-bond donors (Lipinski definition) is 0. The van der Waals surface area contributed by atoms with Gasteiger partial charge in [-0.05, 0) is 12.1 Å². The van der Waals surface area contributed by atoms with Crippen LogP contribution in [0.4, 0.5) is 0 Å². The molecule has 0 N–H and O–H groups in total. The van der Waals surface area contributed by atoms with E-state index in [0.29, 0.717) is 18.2 Å². The molecule has 0 radical (unpaired) electrons. The first-order valence-corrected chi connectivity index (χ1v) is 4.30. The highest BCUT2D eigenvalue weighted by molar-refractivity contribution is 6.18. The molecule has 1 aromatic rings. The molecule has 1 aromatic heterocycles. The molecule has 0 saturated carbocycles. The lowest BCUT2D eigenvalue weighted by Gasteiger charge is -2.05. The zero-order chi connectivity index (χ0) is 8.39. The van der Waals surface area contributed by atoms with Crippen molar-refractivity contribution < 1.29 is 13.9 Å². The normalized spacial score (nSPS) is 29.4. The van der Waals surface area contributed by atoms with Crippen molar-refractivity contribution in [2.75, 3.05) is 12.5 Å². The summed E-state index contributed by atoms with van der Waals surface area (Å²) < 4.78 is 15.8. The summed E-state index contributed by atoms with van der Waals surface area (Å²) in [6.45, 7) is 0.537. The third kappa shape index (κ3) is 1.48. The number of furan rings is 1. The van der Waals surface area contributed by atoms with Crippen molar-refractivity contribution in [3.05, 3.63) is 24.2 Å². The SMILES string of the molecule is ClC[C@@H]1CO[C@@H](c2ccco2)O1. The number of halogens is 1. The van der Waals surface area contributed by atoms with Crippen LogP contribution in [0.2, 0.25) is 0 Å². The molecular formula is C8H9ClO3. The predicted molar refractivity (Wildman–Crippen MR) is 43.0 cm³/mol.